The van der Waals surface area contributed by atoms with Crippen LogP contribution in [0.2, 0.25) is 0 Å². The van der Waals surface area contributed by atoms with Crippen molar-refractivity contribution < 1.29 is 18.3 Å². The summed E-state index contributed by atoms with van der Waals surface area (Å²) in [7, 11) is -3.33. The average Bonchev–Trinajstić information content (AvgIpc) is 2.44. The molecule has 22 heavy (non-hydrogen) atoms. The van der Waals surface area contributed by atoms with Crippen LogP contribution in [0.3, 0.4) is 0 Å². The average molecular weight is 327 g/mol. The van der Waals surface area contributed by atoms with Gasteiger partial charge in [-0.15, -0.1) is 0 Å². The van der Waals surface area contributed by atoms with E-state index >= 15 is 0 Å². The van der Waals surface area contributed by atoms with E-state index < -0.39 is 15.6 Å². The van der Waals surface area contributed by atoms with Gasteiger partial charge in [0.25, 0.3) is 0 Å². The molecule has 0 bridgehead atoms. The number of phenols is 1. The lowest BCUT2D eigenvalue weighted by atomic mass is 9.89. The lowest BCUT2D eigenvalue weighted by Gasteiger charge is -2.42. The van der Waals surface area contributed by atoms with E-state index in [0.29, 0.717) is 18.7 Å². The standard InChI is InChI=1S/C16H25NO4S/c1-5-9-17(22(19,20)6-2)14-11-16(3,4)21-15-8-7-12(18)10-13(14)15/h7-8,10,14,18H,5-6,9,11H2,1-4H3. The van der Waals surface area contributed by atoms with Crippen molar-refractivity contribution in [3.8, 4) is 11.5 Å². The molecule has 6 heteroatoms. The Morgan fingerprint density at radius 3 is 2.64 bits per heavy atom. The summed E-state index contributed by atoms with van der Waals surface area (Å²) in [6.07, 6.45) is 1.30. The molecule has 0 spiro atoms. The molecule has 0 fully saturated rings. The van der Waals surface area contributed by atoms with E-state index in [0.717, 1.165) is 12.0 Å². The Hall–Kier alpha value is -1.27. The molecule has 1 aliphatic rings. The molecule has 2 rings (SSSR count). The molecule has 1 heterocycles. The van der Waals surface area contributed by atoms with Gasteiger partial charge in [-0.1, -0.05) is 6.92 Å². The Kier molecular flexibility index (Phi) is 4.73. The lowest BCUT2D eigenvalue weighted by molar-refractivity contribution is 0.0501. The molecule has 1 unspecified atom stereocenters. The maximum Gasteiger partial charge on any atom is 0.214 e. The van der Waals surface area contributed by atoms with E-state index in [1.165, 1.54) is 0 Å². The Bertz CT molecular complexity index is 640. The quantitative estimate of drug-likeness (QED) is 0.902. The molecule has 1 aromatic rings. The fraction of sp³-hybridized carbons (Fsp3) is 0.625. The summed E-state index contributed by atoms with van der Waals surface area (Å²) in [5.74, 6) is 0.836. The molecule has 1 N–H and O–H groups in total. The number of sulfonamides is 1. The highest BCUT2D eigenvalue weighted by Gasteiger charge is 2.40. The van der Waals surface area contributed by atoms with Crippen LogP contribution < -0.4 is 4.74 Å². The highest BCUT2D eigenvalue weighted by molar-refractivity contribution is 7.89. The Balaban J connectivity index is 2.54. The number of rotatable bonds is 5. The zero-order valence-corrected chi connectivity index (χ0v) is 14.5. The van der Waals surface area contributed by atoms with Gasteiger partial charge in [0.05, 0.1) is 11.8 Å². The Morgan fingerprint density at radius 1 is 1.36 bits per heavy atom. The van der Waals surface area contributed by atoms with Gasteiger partial charge in [-0.25, -0.2) is 8.42 Å². The Morgan fingerprint density at radius 2 is 2.05 bits per heavy atom. The first-order valence-corrected chi connectivity index (χ1v) is 9.32. The summed E-state index contributed by atoms with van der Waals surface area (Å²) in [5.41, 5.74) is 0.286. The van der Waals surface area contributed by atoms with Crippen molar-refractivity contribution >= 4 is 10.0 Å². The SMILES string of the molecule is CCCN(C1CC(C)(C)Oc2ccc(O)cc21)S(=O)(=O)CC. The number of nitrogens with zero attached hydrogens (tertiary/aromatic N) is 1. The maximum atomic E-state index is 12.5. The highest BCUT2D eigenvalue weighted by Crippen LogP contribution is 2.44. The zero-order chi connectivity index (χ0) is 16.5. The molecule has 0 saturated carbocycles. The third-order valence-corrected chi connectivity index (χ3v) is 5.82. The molecule has 5 nitrogen and oxygen atoms in total. The van der Waals surface area contributed by atoms with Crippen LogP contribution in [-0.2, 0) is 10.0 Å². The number of phenolic OH excluding ortho intramolecular Hbond substituents is 1. The van der Waals surface area contributed by atoms with Crippen molar-refractivity contribution in [2.45, 2.75) is 52.2 Å². The minimum absolute atomic E-state index is 0.0684. The van der Waals surface area contributed by atoms with Crippen LogP contribution in [-0.4, -0.2) is 35.7 Å². The normalized spacial score (nSPS) is 20.5. The van der Waals surface area contributed by atoms with Gasteiger partial charge >= 0.3 is 0 Å². The molecule has 0 amide bonds. The summed E-state index contributed by atoms with van der Waals surface area (Å²) < 4.78 is 32.5. The number of hydrogen-bond donors (Lipinski definition) is 1. The van der Waals surface area contributed by atoms with Crippen molar-refractivity contribution in [2.75, 3.05) is 12.3 Å². The Labute approximate surface area is 133 Å². The van der Waals surface area contributed by atoms with Gasteiger partial charge in [0, 0.05) is 18.5 Å². The van der Waals surface area contributed by atoms with E-state index in [1.54, 1.807) is 29.4 Å². The number of aromatic hydroxyl groups is 1. The predicted octanol–water partition coefficient (Wildman–Crippen LogP) is 3.06. The van der Waals surface area contributed by atoms with E-state index in [1.807, 2.05) is 20.8 Å². The molecule has 0 radical (unpaired) electrons. The van der Waals surface area contributed by atoms with E-state index in [-0.39, 0.29) is 17.5 Å². The molecule has 0 aliphatic carbocycles. The van der Waals surface area contributed by atoms with Crippen LogP contribution >= 0.6 is 0 Å². The fourth-order valence-corrected chi connectivity index (χ4v) is 4.30. The highest BCUT2D eigenvalue weighted by atomic mass is 32.2. The molecule has 1 atom stereocenters. The van der Waals surface area contributed by atoms with Crippen molar-refractivity contribution in [3.05, 3.63) is 23.8 Å². The molecule has 1 aliphatic heterocycles. The first-order chi connectivity index (χ1) is 10.2. The number of ether oxygens (including phenoxy) is 1. The minimum Gasteiger partial charge on any atom is -0.508 e. The molecular formula is C16H25NO4S. The topological polar surface area (TPSA) is 66.8 Å². The van der Waals surface area contributed by atoms with Gasteiger partial charge in [-0.3, -0.25) is 0 Å². The van der Waals surface area contributed by atoms with Crippen molar-refractivity contribution in [3.63, 3.8) is 0 Å². The lowest BCUT2D eigenvalue weighted by Crippen LogP contribution is -2.44. The smallest absolute Gasteiger partial charge is 0.214 e. The summed E-state index contributed by atoms with van der Waals surface area (Å²) in [6.45, 7) is 8.00. The van der Waals surface area contributed by atoms with Crippen LogP contribution in [0, 0.1) is 0 Å². The number of benzene rings is 1. The maximum absolute atomic E-state index is 12.5. The number of fused-ring (bicyclic) bond motifs is 1. The minimum atomic E-state index is -3.33. The van der Waals surface area contributed by atoms with Crippen molar-refractivity contribution in [1.82, 2.24) is 4.31 Å². The van der Waals surface area contributed by atoms with Gasteiger partial charge in [-0.2, -0.15) is 4.31 Å². The third-order valence-electron chi connectivity index (χ3n) is 3.94. The van der Waals surface area contributed by atoms with Crippen molar-refractivity contribution in [1.29, 1.82) is 0 Å². The fourth-order valence-electron chi connectivity index (χ4n) is 2.94. The van der Waals surface area contributed by atoms with Gasteiger partial charge < -0.3 is 9.84 Å². The first kappa shape index (κ1) is 17.1. The molecule has 124 valence electrons. The van der Waals surface area contributed by atoms with Crippen LogP contribution in [0.1, 0.15) is 52.1 Å². The predicted molar refractivity (Wildman–Crippen MR) is 86.6 cm³/mol. The van der Waals surface area contributed by atoms with Crippen LogP contribution in [0.5, 0.6) is 11.5 Å². The monoisotopic (exact) mass is 327 g/mol. The first-order valence-electron chi connectivity index (χ1n) is 7.71. The molecule has 0 aromatic heterocycles. The zero-order valence-electron chi connectivity index (χ0n) is 13.7. The summed E-state index contributed by atoms with van der Waals surface area (Å²) >= 11 is 0. The van der Waals surface area contributed by atoms with Crippen LogP contribution in [0.15, 0.2) is 18.2 Å². The summed E-state index contributed by atoms with van der Waals surface area (Å²) in [6, 6.07) is 4.58. The molecule has 0 saturated heterocycles. The summed E-state index contributed by atoms with van der Waals surface area (Å²) in [4.78, 5) is 0. The van der Waals surface area contributed by atoms with E-state index in [9.17, 15) is 13.5 Å². The van der Waals surface area contributed by atoms with Gasteiger partial charge in [-0.05, 0) is 45.4 Å². The summed E-state index contributed by atoms with van der Waals surface area (Å²) in [5, 5.41) is 9.78. The van der Waals surface area contributed by atoms with Crippen LogP contribution in [0.4, 0.5) is 0 Å². The van der Waals surface area contributed by atoms with Crippen molar-refractivity contribution in [2.24, 2.45) is 0 Å². The second-order valence-electron chi connectivity index (χ2n) is 6.32. The second-order valence-corrected chi connectivity index (χ2v) is 8.53. The van der Waals surface area contributed by atoms with Gasteiger partial charge in [0.2, 0.25) is 10.0 Å². The third kappa shape index (κ3) is 3.38. The van der Waals surface area contributed by atoms with Gasteiger partial charge in [0.15, 0.2) is 0 Å². The largest absolute Gasteiger partial charge is 0.508 e. The van der Waals surface area contributed by atoms with Crippen LogP contribution in [0.25, 0.3) is 0 Å². The van der Waals surface area contributed by atoms with E-state index in [2.05, 4.69) is 0 Å². The van der Waals surface area contributed by atoms with Gasteiger partial charge in [0.1, 0.15) is 17.1 Å². The second kappa shape index (κ2) is 6.08. The molecular weight excluding hydrogens is 302 g/mol. The van der Waals surface area contributed by atoms with E-state index in [4.69, 9.17) is 4.74 Å². The molecule has 1 aromatic carbocycles. The number of hydrogen-bond acceptors (Lipinski definition) is 4.